The van der Waals surface area contributed by atoms with Crippen LogP contribution < -0.4 is 15.1 Å². The summed E-state index contributed by atoms with van der Waals surface area (Å²) in [6.07, 6.45) is 6.04. The quantitative estimate of drug-likeness (QED) is 0.825. The van der Waals surface area contributed by atoms with Gasteiger partial charge in [-0.3, -0.25) is 4.79 Å². The minimum absolute atomic E-state index is 0.0533. The number of carboxylic acid groups (broad SMARTS) is 1. The van der Waals surface area contributed by atoms with Crippen molar-refractivity contribution in [3.05, 3.63) is 33.9 Å². The number of halogens is 1. The standard InChI is InChI=1S/C22H25FN2O5/c1-29-20-17-14(19(26)15(21(27)28)11-25(17)13-2-3-13)10-16(23)18(20)24-7-4-22(5-8-24)6-9-30-12-22/h10-11,13H,2-9,12H2,1H3,(H,27,28). The number of carbonyl (C=O) groups is 1. The minimum atomic E-state index is -1.31. The van der Waals surface area contributed by atoms with E-state index in [-0.39, 0.29) is 22.4 Å². The number of aromatic nitrogens is 1. The van der Waals surface area contributed by atoms with Crippen LogP contribution in [-0.2, 0) is 4.74 Å². The smallest absolute Gasteiger partial charge is 0.341 e. The van der Waals surface area contributed by atoms with Crippen LogP contribution in [-0.4, -0.2) is 49.1 Å². The van der Waals surface area contributed by atoms with Crippen LogP contribution in [0.1, 0.15) is 48.5 Å². The van der Waals surface area contributed by atoms with E-state index in [0.717, 1.165) is 45.3 Å². The lowest BCUT2D eigenvalue weighted by molar-refractivity contribution is 0.0695. The summed E-state index contributed by atoms with van der Waals surface area (Å²) in [5.41, 5.74) is -0.000979. The van der Waals surface area contributed by atoms with Gasteiger partial charge < -0.3 is 24.0 Å². The SMILES string of the molecule is COc1c(N2CCC3(CCOC3)CC2)c(F)cc2c(=O)c(C(=O)O)cn(C3CC3)c12. The van der Waals surface area contributed by atoms with Crippen LogP contribution in [0, 0.1) is 11.2 Å². The first-order chi connectivity index (χ1) is 14.4. The van der Waals surface area contributed by atoms with Crippen LogP contribution >= 0.6 is 0 Å². The number of benzene rings is 1. The first-order valence-electron chi connectivity index (χ1n) is 10.5. The minimum Gasteiger partial charge on any atom is -0.492 e. The molecule has 3 fully saturated rings. The van der Waals surface area contributed by atoms with Gasteiger partial charge >= 0.3 is 5.97 Å². The highest BCUT2D eigenvalue weighted by Crippen LogP contribution is 2.46. The summed E-state index contributed by atoms with van der Waals surface area (Å²) in [7, 11) is 1.47. The molecule has 2 saturated heterocycles. The third-order valence-electron chi connectivity index (χ3n) is 6.90. The van der Waals surface area contributed by atoms with Gasteiger partial charge in [-0.05, 0) is 43.6 Å². The van der Waals surface area contributed by atoms with E-state index in [4.69, 9.17) is 9.47 Å². The fraction of sp³-hybridized carbons (Fsp3) is 0.545. The van der Waals surface area contributed by atoms with Crippen molar-refractivity contribution < 1.29 is 23.8 Å². The summed E-state index contributed by atoms with van der Waals surface area (Å²) in [5, 5.41) is 9.50. The van der Waals surface area contributed by atoms with E-state index < -0.39 is 17.2 Å². The number of anilines is 1. The largest absolute Gasteiger partial charge is 0.492 e. The van der Waals surface area contributed by atoms with Crippen molar-refractivity contribution in [3.63, 3.8) is 0 Å². The Balaban J connectivity index is 1.66. The van der Waals surface area contributed by atoms with Crippen molar-refractivity contribution >= 4 is 22.6 Å². The predicted octanol–water partition coefficient (Wildman–Crippen LogP) is 3.19. The average molecular weight is 416 g/mol. The molecule has 1 aromatic heterocycles. The summed E-state index contributed by atoms with van der Waals surface area (Å²) in [6, 6.07) is 1.28. The normalized spacial score (nSPS) is 20.8. The summed E-state index contributed by atoms with van der Waals surface area (Å²) in [5.74, 6) is -1.55. The number of ether oxygens (including phenoxy) is 2. The van der Waals surface area contributed by atoms with Crippen LogP contribution in [0.25, 0.3) is 10.9 Å². The van der Waals surface area contributed by atoms with Gasteiger partial charge in [0.15, 0.2) is 11.6 Å². The number of hydrogen-bond acceptors (Lipinski definition) is 5. The molecule has 0 bridgehead atoms. The summed E-state index contributed by atoms with van der Waals surface area (Å²) < 4.78 is 28.4. The van der Waals surface area contributed by atoms with Crippen molar-refractivity contribution in [2.24, 2.45) is 5.41 Å². The topological polar surface area (TPSA) is 81.0 Å². The molecule has 1 N–H and O–H groups in total. The summed E-state index contributed by atoms with van der Waals surface area (Å²) >= 11 is 0. The maximum Gasteiger partial charge on any atom is 0.341 e. The Bertz CT molecular complexity index is 1080. The van der Waals surface area contributed by atoms with Crippen molar-refractivity contribution in [1.29, 1.82) is 0 Å². The molecule has 2 aromatic rings. The second-order valence-corrected chi connectivity index (χ2v) is 8.74. The number of aromatic carboxylic acids is 1. The van der Waals surface area contributed by atoms with E-state index >= 15 is 4.39 Å². The van der Waals surface area contributed by atoms with Crippen molar-refractivity contribution in [3.8, 4) is 5.75 Å². The van der Waals surface area contributed by atoms with E-state index in [1.165, 1.54) is 19.4 Å². The Morgan fingerprint density at radius 3 is 2.60 bits per heavy atom. The molecule has 7 nitrogen and oxygen atoms in total. The Labute approximate surface area is 173 Å². The van der Waals surface area contributed by atoms with E-state index in [0.29, 0.717) is 30.0 Å². The third kappa shape index (κ3) is 2.96. The maximum absolute atomic E-state index is 15.3. The van der Waals surface area contributed by atoms with Gasteiger partial charge in [-0.1, -0.05) is 0 Å². The molecule has 0 radical (unpaired) electrons. The van der Waals surface area contributed by atoms with Gasteiger partial charge in [0.2, 0.25) is 5.43 Å². The van der Waals surface area contributed by atoms with E-state index in [1.807, 2.05) is 4.90 Å². The number of rotatable bonds is 4. The number of hydrogen-bond donors (Lipinski definition) is 1. The molecule has 3 aliphatic rings. The Kier molecular flexibility index (Phi) is 4.50. The van der Waals surface area contributed by atoms with Crippen molar-refractivity contribution in [1.82, 2.24) is 4.57 Å². The number of carboxylic acids is 1. The van der Waals surface area contributed by atoms with Crippen LogP contribution in [0.15, 0.2) is 17.1 Å². The molecule has 30 heavy (non-hydrogen) atoms. The molecule has 1 spiro atoms. The predicted molar refractivity (Wildman–Crippen MR) is 109 cm³/mol. The molecule has 8 heteroatoms. The third-order valence-corrected chi connectivity index (χ3v) is 6.90. The molecule has 160 valence electrons. The number of nitrogens with zero attached hydrogens (tertiary/aromatic N) is 2. The molecule has 1 aliphatic carbocycles. The lowest BCUT2D eigenvalue weighted by atomic mass is 9.78. The van der Waals surface area contributed by atoms with Crippen molar-refractivity contribution in [2.45, 2.75) is 38.1 Å². The molecular weight excluding hydrogens is 391 g/mol. The van der Waals surface area contributed by atoms with E-state index in [2.05, 4.69) is 0 Å². The van der Waals surface area contributed by atoms with Crippen molar-refractivity contribution in [2.75, 3.05) is 38.3 Å². The van der Waals surface area contributed by atoms with Gasteiger partial charge in [0.1, 0.15) is 11.3 Å². The first kappa shape index (κ1) is 19.4. The van der Waals surface area contributed by atoms with E-state index in [1.54, 1.807) is 4.57 Å². The fourth-order valence-electron chi connectivity index (χ4n) is 4.97. The second-order valence-electron chi connectivity index (χ2n) is 8.74. The number of fused-ring (bicyclic) bond motifs is 1. The van der Waals surface area contributed by atoms with Gasteiger partial charge in [0.25, 0.3) is 0 Å². The first-order valence-corrected chi connectivity index (χ1v) is 10.5. The zero-order chi connectivity index (χ0) is 21.0. The molecule has 0 atom stereocenters. The van der Waals surface area contributed by atoms with Crippen LogP contribution in [0.2, 0.25) is 0 Å². The Hall–Kier alpha value is -2.61. The maximum atomic E-state index is 15.3. The molecule has 0 amide bonds. The Morgan fingerprint density at radius 1 is 1.30 bits per heavy atom. The lowest BCUT2D eigenvalue weighted by Crippen LogP contribution is -2.41. The average Bonchev–Trinajstić information content (AvgIpc) is 3.48. The number of pyridine rings is 1. The lowest BCUT2D eigenvalue weighted by Gasteiger charge is -2.40. The second kappa shape index (κ2) is 6.97. The van der Waals surface area contributed by atoms with Gasteiger partial charge in [-0.25, -0.2) is 9.18 Å². The molecular formula is C22H25FN2O5. The molecule has 1 saturated carbocycles. The summed E-state index contributed by atoms with van der Waals surface area (Å²) in [6.45, 7) is 2.91. The molecule has 1 aromatic carbocycles. The zero-order valence-electron chi connectivity index (χ0n) is 16.9. The highest BCUT2D eigenvalue weighted by Gasteiger charge is 2.39. The summed E-state index contributed by atoms with van der Waals surface area (Å²) in [4.78, 5) is 26.4. The van der Waals surface area contributed by atoms with Gasteiger partial charge in [-0.15, -0.1) is 0 Å². The fourth-order valence-corrected chi connectivity index (χ4v) is 4.97. The van der Waals surface area contributed by atoms with Gasteiger partial charge in [0.05, 0.1) is 24.6 Å². The van der Waals surface area contributed by atoms with Crippen LogP contribution in [0.4, 0.5) is 10.1 Å². The molecule has 0 unspecified atom stereocenters. The molecule has 3 heterocycles. The molecule has 5 rings (SSSR count). The van der Waals surface area contributed by atoms with Gasteiger partial charge in [0, 0.05) is 31.9 Å². The highest BCUT2D eigenvalue weighted by atomic mass is 19.1. The number of piperidine rings is 1. The van der Waals surface area contributed by atoms with E-state index in [9.17, 15) is 14.7 Å². The Morgan fingerprint density at radius 2 is 2.03 bits per heavy atom. The van der Waals surface area contributed by atoms with Gasteiger partial charge in [-0.2, -0.15) is 0 Å². The monoisotopic (exact) mass is 416 g/mol. The van der Waals surface area contributed by atoms with Crippen LogP contribution in [0.5, 0.6) is 5.75 Å². The zero-order valence-corrected chi connectivity index (χ0v) is 16.9. The molecule has 2 aliphatic heterocycles. The number of methoxy groups -OCH3 is 1. The van der Waals surface area contributed by atoms with Crippen LogP contribution in [0.3, 0.4) is 0 Å². The highest BCUT2D eigenvalue weighted by molar-refractivity contribution is 5.97.